The molecular formula is C42H77NO10. The summed E-state index contributed by atoms with van der Waals surface area (Å²) in [6, 6.07) is -1.19. The molecule has 0 spiro atoms. The van der Waals surface area contributed by atoms with Gasteiger partial charge in [0.05, 0.1) is 25.4 Å². The molecule has 0 aliphatic carbocycles. The molecule has 0 radical (unpaired) electrons. The molecule has 1 aliphatic rings. The summed E-state index contributed by atoms with van der Waals surface area (Å²) in [5, 5.41) is 75.3. The Kier molecular flexibility index (Phi) is 30.3. The minimum absolute atomic E-state index is 0.241. The summed E-state index contributed by atoms with van der Waals surface area (Å²) in [6.07, 6.45) is 23.5. The Hall–Kier alpha value is -1.67. The first kappa shape index (κ1) is 49.3. The first-order chi connectivity index (χ1) is 25.7. The number of amides is 1. The van der Waals surface area contributed by atoms with Gasteiger partial charge in [-0.05, 0) is 57.8 Å². The van der Waals surface area contributed by atoms with Crippen LogP contribution in [0.15, 0.2) is 36.5 Å². The Labute approximate surface area is 320 Å². The van der Waals surface area contributed by atoms with Gasteiger partial charge in [0, 0.05) is 0 Å². The van der Waals surface area contributed by atoms with Gasteiger partial charge in [0.15, 0.2) is 6.29 Å². The van der Waals surface area contributed by atoms with Gasteiger partial charge in [-0.25, -0.2) is 0 Å². The summed E-state index contributed by atoms with van der Waals surface area (Å²) in [7, 11) is 0. The third-order valence-electron chi connectivity index (χ3n) is 9.91. The van der Waals surface area contributed by atoms with Crippen LogP contribution in [-0.4, -0.2) is 110 Å². The van der Waals surface area contributed by atoms with Crippen LogP contribution in [0.5, 0.6) is 0 Å². The smallest absolute Gasteiger partial charge is 0.249 e. The number of hydrogen-bond donors (Lipinski definition) is 8. The van der Waals surface area contributed by atoms with E-state index in [0.717, 1.165) is 51.4 Å². The fraction of sp³-hybridized carbons (Fsp3) is 0.833. The Morgan fingerprint density at radius 3 is 1.70 bits per heavy atom. The maximum Gasteiger partial charge on any atom is 0.249 e. The van der Waals surface area contributed by atoms with Crippen molar-refractivity contribution < 1.29 is 50.0 Å². The van der Waals surface area contributed by atoms with Gasteiger partial charge < -0.3 is 50.5 Å². The fourth-order valence-electron chi connectivity index (χ4n) is 6.42. The lowest BCUT2D eigenvalue weighted by atomic mass is 9.98. The van der Waals surface area contributed by atoms with Crippen molar-refractivity contribution in [1.29, 1.82) is 0 Å². The zero-order valence-corrected chi connectivity index (χ0v) is 33.0. The Morgan fingerprint density at radius 2 is 1.17 bits per heavy atom. The number of ether oxygens (including phenoxy) is 2. The Morgan fingerprint density at radius 1 is 0.660 bits per heavy atom. The summed E-state index contributed by atoms with van der Waals surface area (Å²) in [5.41, 5.74) is 0. The minimum atomic E-state index is -1.67. The first-order valence-electron chi connectivity index (χ1n) is 20.9. The molecule has 1 amide bonds. The number of rotatable bonds is 33. The zero-order chi connectivity index (χ0) is 39.1. The van der Waals surface area contributed by atoms with Gasteiger partial charge in [-0.15, -0.1) is 0 Å². The molecule has 9 atom stereocenters. The van der Waals surface area contributed by atoms with Crippen molar-refractivity contribution in [1.82, 2.24) is 5.32 Å². The number of unbranched alkanes of at least 4 members (excludes halogenated alkanes) is 15. The molecule has 53 heavy (non-hydrogen) atoms. The standard InChI is InChI=1S/C42H77NO10/c1-3-5-7-9-11-13-15-17-19-21-23-25-27-29-34(45)37(47)33(32-52-42-40(50)39(49)38(48)36(31-44)53-42)43-41(51)35(46)30-28-26-24-22-20-18-16-14-12-10-8-6-4-2/h5,7,13,15,21,23,33-40,42,44-50H,3-4,6,8-12,14,16-20,22,24-32H2,1-2H3,(H,43,51)/b7-5+,15-13+,23-21+. The van der Waals surface area contributed by atoms with Gasteiger partial charge in [-0.3, -0.25) is 4.79 Å². The number of nitrogens with one attached hydrogen (secondary N) is 1. The van der Waals surface area contributed by atoms with Crippen molar-refractivity contribution >= 4 is 5.91 Å². The average Bonchev–Trinajstić information content (AvgIpc) is 3.16. The molecule has 0 saturated carbocycles. The first-order valence-corrected chi connectivity index (χ1v) is 20.9. The van der Waals surface area contributed by atoms with E-state index >= 15 is 0 Å². The lowest BCUT2D eigenvalue weighted by Crippen LogP contribution is -2.60. The van der Waals surface area contributed by atoms with Crippen LogP contribution < -0.4 is 5.32 Å². The quantitative estimate of drug-likeness (QED) is 0.0307. The summed E-state index contributed by atoms with van der Waals surface area (Å²) < 4.78 is 11.0. The molecule has 8 N–H and O–H groups in total. The van der Waals surface area contributed by atoms with E-state index in [4.69, 9.17) is 9.47 Å². The fourth-order valence-corrected chi connectivity index (χ4v) is 6.42. The molecule has 0 aromatic heterocycles. The second-order valence-electron chi connectivity index (χ2n) is 14.7. The Balaban J connectivity index is 2.56. The van der Waals surface area contributed by atoms with E-state index in [0.29, 0.717) is 19.3 Å². The highest BCUT2D eigenvalue weighted by atomic mass is 16.7. The van der Waals surface area contributed by atoms with E-state index in [9.17, 15) is 40.5 Å². The number of allylic oxidation sites excluding steroid dienone is 6. The highest BCUT2D eigenvalue weighted by Gasteiger charge is 2.44. The van der Waals surface area contributed by atoms with Crippen LogP contribution in [0.2, 0.25) is 0 Å². The van der Waals surface area contributed by atoms with Crippen molar-refractivity contribution in [3.8, 4) is 0 Å². The van der Waals surface area contributed by atoms with Crippen LogP contribution >= 0.6 is 0 Å². The molecular weight excluding hydrogens is 678 g/mol. The van der Waals surface area contributed by atoms with E-state index < -0.39 is 74.2 Å². The molecule has 1 aliphatic heterocycles. The van der Waals surface area contributed by atoms with E-state index in [1.807, 2.05) is 6.08 Å². The zero-order valence-electron chi connectivity index (χ0n) is 33.0. The van der Waals surface area contributed by atoms with Gasteiger partial charge >= 0.3 is 0 Å². The van der Waals surface area contributed by atoms with E-state index in [2.05, 4.69) is 49.5 Å². The number of aliphatic hydroxyl groups is 7. The molecule has 0 bridgehead atoms. The van der Waals surface area contributed by atoms with Crippen LogP contribution in [0, 0.1) is 0 Å². The van der Waals surface area contributed by atoms with Crippen LogP contribution in [0.3, 0.4) is 0 Å². The molecule has 310 valence electrons. The largest absolute Gasteiger partial charge is 0.394 e. The monoisotopic (exact) mass is 756 g/mol. The second-order valence-corrected chi connectivity index (χ2v) is 14.7. The van der Waals surface area contributed by atoms with Crippen LogP contribution in [-0.2, 0) is 14.3 Å². The van der Waals surface area contributed by atoms with Gasteiger partial charge in [-0.1, -0.05) is 134 Å². The molecule has 9 unspecified atom stereocenters. The van der Waals surface area contributed by atoms with Crippen LogP contribution in [0.4, 0.5) is 0 Å². The molecule has 1 heterocycles. The normalized spacial score (nSPS) is 23.2. The van der Waals surface area contributed by atoms with Crippen LogP contribution in [0.1, 0.15) is 155 Å². The van der Waals surface area contributed by atoms with Gasteiger partial charge in [0.1, 0.15) is 36.6 Å². The topological polar surface area (TPSA) is 189 Å². The summed E-state index contributed by atoms with van der Waals surface area (Å²) in [4.78, 5) is 13.0. The van der Waals surface area contributed by atoms with Crippen molar-refractivity contribution in [3.63, 3.8) is 0 Å². The summed E-state index contributed by atoms with van der Waals surface area (Å²) in [6.45, 7) is 3.27. The lowest BCUT2D eigenvalue weighted by molar-refractivity contribution is -0.303. The molecule has 1 saturated heterocycles. The molecule has 11 heteroatoms. The number of carbonyl (C=O) groups excluding carboxylic acids is 1. The predicted octanol–water partition coefficient (Wildman–Crippen LogP) is 5.66. The molecule has 0 aromatic carbocycles. The maximum absolute atomic E-state index is 13.0. The lowest BCUT2D eigenvalue weighted by Gasteiger charge is -2.40. The third-order valence-corrected chi connectivity index (χ3v) is 9.91. The van der Waals surface area contributed by atoms with Gasteiger partial charge in [0.25, 0.3) is 0 Å². The van der Waals surface area contributed by atoms with E-state index in [1.54, 1.807) is 0 Å². The second kappa shape index (κ2) is 32.6. The number of hydrogen-bond acceptors (Lipinski definition) is 10. The third kappa shape index (κ3) is 23.1. The number of aliphatic hydroxyl groups excluding tert-OH is 7. The predicted molar refractivity (Wildman–Crippen MR) is 210 cm³/mol. The molecule has 11 nitrogen and oxygen atoms in total. The van der Waals surface area contributed by atoms with Crippen molar-refractivity contribution in [2.75, 3.05) is 13.2 Å². The SMILES string of the molecule is CC/C=C/CC/C=C/CC/C=C/CCCC(O)C(O)C(COC1OC(CO)C(O)C(O)C1O)NC(=O)C(O)CCCCCCCCCCCCCCC. The summed E-state index contributed by atoms with van der Waals surface area (Å²) in [5.74, 6) is -0.716. The molecule has 1 fully saturated rings. The molecule has 1 rings (SSSR count). The summed E-state index contributed by atoms with van der Waals surface area (Å²) >= 11 is 0. The van der Waals surface area contributed by atoms with E-state index in [1.165, 1.54) is 57.8 Å². The van der Waals surface area contributed by atoms with E-state index in [-0.39, 0.29) is 12.8 Å². The number of carbonyl (C=O) groups is 1. The average molecular weight is 756 g/mol. The van der Waals surface area contributed by atoms with Crippen LogP contribution in [0.25, 0.3) is 0 Å². The highest BCUT2D eigenvalue weighted by molar-refractivity contribution is 5.80. The minimum Gasteiger partial charge on any atom is -0.394 e. The Bertz CT molecular complexity index is 960. The van der Waals surface area contributed by atoms with Gasteiger partial charge in [0.2, 0.25) is 5.91 Å². The van der Waals surface area contributed by atoms with Gasteiger partial charge in [-0.2, -0.15) is 0 Å². The van der Waals surface area contributed by atoms with Crippen molar-refractivity contribution in [2.45, 2.75) is 210 Å². The van der Waals surface area contributed by atoms with Crippen molar-refractivity contribution in [3.05, 3.63) is 36.5 Å². The molecule has 0 aromatic rings. The van der Waals surface area contributed by atoms with Crippen molar-refractivity contribution in [2.24, 2.45) is 0 Å². The highest BCUT2D eigenvalue weighted by Crippen LogP contribution is 2.23. The maximum atomic E-state index is 13.0.